The summed E-state index contributed by atoms with van der Waals surface area (Å²) in [6, 6.07) is 3.34. The normalized spacial score (nSPS) is 10.8. The van der Waals surface area contributed by atoms with E-state index in [2.05, 4.69) is 15.1 Å². The lowest BCUT2D eigenvalue weighted by atomic mass is 10.3. The predicted molar refractivity (Wildman–Crippen MR) is 68.9 cm³/mol. The van der Waals surface area contributed by atoms with Gasteiger partial charge in [0, 0.05) is 12.5 Å². The van der Waals surface area contributed by atoms with E-state index in [4.69, 9.17) is 14.4 Å². The van der Waals surface area contributed by atoms with Crippen LogP contribution in [0.2, 0.25) is 0 Å². The number of nitrogens with zero attached hydrogens (tertiary/aromatic N) is 3. The first kappa shape index (κ1) is 13.7. The van der Waals surface area contributed by atoms with Gasteiger partial charge in [0.2, 0.25) is 0 Å². The van der Waals surface area contributed by atoms with Crippen molar-refractivity contribution in [2.75, 3.05) is 0 Å². The second-order valence-electron chi connectivity index (χ2n) is 3.84. The van der Waals surface area contributed by atoms with E-state index in [1.165, 1.54) is 12.3 Å². The summed E-state index contributed by atoms with van der Waals surface area (Å²) in [5.41, 5.74) is 0.533. The third-order valence-electron chi connectivity index (χ3n) is 2.34. The van der Waals surface area contributed by atoms with E-state index in [1.807, 2.05) is 6.92 Å². The molecule has 0 bridgehead atoms. The lowest BCUT2D eigenvalue weighted by molar-refractivity contribution is -0.131. The van der Waals surface area contributed by atoms with E-state index in [0.717, 1.165) is 6.08 Å². The molecule has 0 amide bonds. The second kappa shape index (κ2) is 6.46. The Labute approximate surface area is 114 Å². The van der Waals surface area contributed by atoms with Crippen LogP contribution in [0.15, 0.2) is 28.9 Å². The van der Waals surface area contributed by atoms with Crippen molar-refractivity contribution >= 4 is 12.0 Å². The summed E-state index contributed by atoms with van der Waals surface area (Å²) in [4.78, 5) is 18.5. The molecule has 0 aliphatic rings. The Morgan fingerprint density at radius 1 is 1.50 bits per heavy atom. The van der Waals surface area contributed by atoms with Crippen LogP contribution in [0.5, 0.6) is 5.75 Å². The molecular weight excluding hydrogens is 262 g/mol. The molecule has 0 radical (unpaired) electrons. The zero-order valence-corrected chi connectivity index (χ0v) is 10.8. The number of aromatic nitrogens is 3. The summed E-state index contributed by atoms with van der Waals surface area (Å²) in [6.07, 6.45) is 4.62. The molecular formula is C13H13N3O4. The minimum Gasteiger partial charge on any atom is -0.482 e. The Hall–Kier alpha value is -2.70. The van der Waals surface area contributed by atoms with E-state index in [9.17, 15) is 4.79 Å². The van der Waals surface area contributed by atoms with Crippen LogP contribution in [0, 0.1) is 0 Å². The van der Waals surface area contributed by atoms with E-state index in [-0.39, 0.29) is 6.61 Å². The molecule has 0 saturated carbocycles. The molecule has 0 spiro atoms. The van der Waals surface area contributed by atoms with E-state index in [1.54, 1.807) is 12.1 Å². The summed E-state index contributed by atoms with van der Waals surface area (Å²) in [5, 5.41) is 12.3. The number of ether oxygens (including phenoxy) is 1. The highest BCUT2D eigenvalue weighted by Crippen LogP contribution is 2.12. The minimum absolute atomic E-state index is 0.166. The van der Waals surface area contributed by atoms with Gasteiger partial charge in [-0.1, -0.05) is 12.1 Å². The van der Waals surface area contributed by atoms with Gasteiger partial charge in [-0.05, 0) is 18.2 Å². The molecule has 7 nitrogen and oxygen atoms in total. The van der Waals surface area contributed by atoms with E-state index < -0.39 is 5.97 Å². The number of aliphatic carboxylic acids is 1. The van der Waals surface area contributed by atoms with Crippen molar-refractivity contribution in [3.05, 3.63) is 41.8 Å². The number of aryl methyl sites for hydroxylation is 1. The van der Waals surface area contributed by atoms with E-state index in [0.29, 0.717) is 29.6 Å². The van der Waals surface area contributed by atoms with Crippen LogP contribution in [-0.2, 0) is 17.8 Å². The number of pyridine rings is 1. The van der Waals surface area contributed by atoms with Crippen molar-refractivity contribution in [3.63, 3.8) is 0 Å². The van der Waals surface area contributed by atoms with Crippen LogP contribution < -0.4 is 4.74 Å². The number of rotatable bonds is 6. The quantitative estimate of drug-likeness (QED) is 0.801. The number of hydrogen-bond acceptors (Lipinski definition) is 6. The lowest BCUT2D eigenvalue weighted by Crippen LogP contribution is -1.97. The van der Waals surface area contributed by atoms with Gasteiger partial charge in [0.25, 0.3) is 5.89 Å². The van der Waals surface area contributed by atoms with Crippen LogP contribution in [0.25, 0.3) is 6.08 Å². The van der Waals surface area contributed by atoms with Gasteiger partial charge in [0.1, 0.15) is 5.75 Å². The van der Waals surface area contributed by atoms with Gasteiger partial charge in [-0.15, -0.1) is 0 Å². The number of carboxylic acid groups (broad SMARTS) is 1. The highest BCUT2D eigenvalue weighted by Gasteiger charge is 2.05. The molecule has 104 valence electrons. The van der Waals surface area contributed by atoms with Gasteiger partial charge in [-0.25, -0.2) is 4.79 Å². The van der Waals surface area contributed by atoms with Gasteiger partial charge >= 0.3 is 5.97 Å². The average molecular weight is 275 g/mol. The standard InChI is InChI=1S/C13H13N3O4/c1-2-11-15-12(20-16-11)8-19-10-5-3-9(14-7-10)4-6-13(17)18/h3-7H,2,8H2,1H3,(H,17,18). The fourth-order valence-corrected chi connectivity index (χ4v) is 1.37. The third kappa shape index (κ3) is 3.91. The van der Waals surface area contributed by atoms with Gasteiger partial charge in [0.05, 0.1) is 11.9 Å². The summed E-state index contributed by atoms with van der Waals surface area (Å²) in [7, 11) is 0. The SMILES string of the molecule is CCc1noc(COc2ccc(C=CC(=O)O)nc2)n1. The van der Waals surface area contributed by atoms with Crippen LogP contribution in [-0.4, -0.2) is 26.2 Å². The van der Waals surface area contributed by atoms with Crippen molar-refractivity contribution in [2.24, 2.45) is 0 Å². The predicted octanol–water partition coefficient (Wildman–Crippen LogP) is 1.70. The first-order valence-corrected chi connectivity index (χ1v) is 5.98. The molecule has 2 rings (SSSR count). The molecule has 0 fully saturated rings. The summed E-state index contributed by atoms with van der Waals surface area (Å²) >= 11 is 0. The molecule has 0 aliphatic carbocycles. The maximum Gasteiger partial charge on any atom is 0.328 e. The first-order valence-electron chi connectivity index (χ1n) is 5.98. The maximum atomic E-state index is 10.4. The van der Waals surface area contributed by atoms with Crippen molar-refractivity contribution < 1.29 is 19.2 Å². The minimum atomic E-state index is -1.02. The van der Waals surface area contributed by atoms with Crippen LogP contribution in [0.1, 0.15) is 24.3 Å². The molecule has 1 N–H and O–H groups in total. The van der Waals surface area contributed by atoms with Gasteiger partial charge in [-0.2, -0.15) is 4.98 Å². The van der Waals surface area contributed by atoms with Crippen molar-refractivity contribution in [3.8, 4) is 5.75 Å². The molecule has 0 saturated heterocycles. The molecule has 0 unspecified atom stereocenters. The lowest BCUT2D eigenvalue weighted by Gasteiger charge is -2.02. The molecule has 0 aromatic carbocycles. The number of carboxylic acids is 1. The second-order valence-corrected chi connectivity index (χ2v) is 3.84. The Morgan fingerprint density at radius 2 is 2.35 bits per heavy atom. The van der Waals surface area contributed by atoms with Gasteiger partial charge in [0.15, 0.2) is 12.4 Å². The number of hydrogen-bond donors (Lipinski definition) is 1. The van der Waals surface area contributed by atoms with Crippen LogP contribution in [0.3, 0.4) is 0 Å². The van der Waals surface area contributed by atoms with Crippen molar-refractivity contribution in [1.82, 2.24) is 15.1 Å². The smallest absolute Gasteiger partial charge is 0.328 e. The molecule has 2 aromatic heterocycles. The summed E-state index contributed by atoms with van der Waals surface area (Å²) in [5.74, 6) is 0.552. The maximum absolute atomic E-state index is 10.4. The molecule has 2 heterocycles. The van der Waals surface area contributed by atoms with E-state index >= 15 is 0 Å². The largest absolute Gasteiger partial charge is 0.482 e. The Kier molecular flexibility index (Phi) is 4.43. The topological polar surface area (TPSA) is 98.3 Å². The third-order valence-corrected chi connectivity index (χ3v) is 2.34. The van der Waals surface area contributed by atoms with Gasteiger partial charge in [-0.3, -0.25) is 4.98 Å². The zero-order chi connectivity index (χ0) is 14.4. The highest BCUT2D eigenvalue weighted by atomic mass is 16.5. The summed E-state index contributed by atoms with van der Waals surface area (Å²) < 4.78 is 10.4. The molecule has 0 aliphatic heterocycles. The highest BCUT2D eigenvalue weighted by molar-refractivity contribution is 5.84. The van der Waals surface area contributed by atoms with Crippen LogP contribution in [0.4, 0.5) is 0 Å². The van der Waals surface area contributed by atoms with Crippen molar-refractivity contribution in [1.29, 1.82) is 0 Å². The average Bonchev–Trinajstić information content (AvgIpc) is 2.92. The molecule has 20 heavy (non-hydrogen) atoms. The summed E-state index contributed by atoms with van der Waals surface area (Å²) in [6.45, 7) is 2.10. The Balaban J connectivity index is 1.92. The Bertz CT molecular complexity index is 604. The van der Waals surface area contributed by atoms with Crippen molar-refractivity contribution in [2.45, 2.75) is 20.0 Å². The molecule has 7 heteroatoms. The molecule has 2 aromatic rings. The van der Waals surface area contributed by atoms with Gasteiger partial charge < -0.3 is 14.4 Å². The first-order chi connectivity index (χ1) is 9.67. The zero-order valence-electron chi connectivity index (χ0n) is 10.8. The van der Waals surface area contributed by atoms with Crippen LogP contribution >= 0.6 is 0 Å². The fraction of sp³-hybridized carbons (Fsp3) is 0.231. The number of carbonyl (C=O) groups is 1. The monoisotopic (exact) mass is 275 g/mol. The Morgan fingerprint density at radius 3 is 2.95 bits per heavy atom. The molecule has 0 atom stereocenters. The fourth-order valence-electron chi connectivity index (χ4n) is 1.37.